The summed E-state index contributed by atoms with van der Waals surface area (Å²) in [5.41, 5.74) is 1.01. The van der Waals surface area contributed by atoms with Crippen LogP contribution in [0.4, 0.5) is 0 Å². The van der Waals surface area contributed by atoms with Crippen LogP contribution in [0.25, 0.3) is 11.3 Å². The molecule has 1 heterocycles. The van der Waals surface area contributed by atoms with Crippen LogP contribution in [0, 0.1) is 0 Å². The van der Waals surface area contributed by atoms with Crippen LogP contribution in [0.3, 0.4) is 0 Å². The van der Waals surface area contributed by atoms with Crippen molar-refractivity contribution in [3.05, 3.63) is 34.4 Å². The fraction of sp³-hybridized carbons (Fsp3) is 0.0909. The van der Waals surface area contributed by atoms with Crippen molar-refractivity contribution in [2.24, 2.45) is 0 Å². The summed E-state index contributed by atoms with van der Waals surface area (Å²) in [5, 5.41) is 15.0. The fourth-order valence-electron chi connectivity index (χ4n) is 1.54. The van der Waals surface area contributed by atoms with Crippen LogP contribution < -0.4 is 0 Å². The quantitative estimate of drug-likeness (QED) is 0.886. The average molecular weight is 345 g/mol. The van der Waals surface area contributed by atoms with Crippen molar-refractivity contribution in [2.45, 2.75) is 4.90 Å². The number of benzene rings is 1. The summed E-state index contributed by atoms with van der Waals surface area (Å²) >= 11 is 3.18. The predicted octanol–water partition coefficient (Wildman–Crippen LogP) is 1.94. The molecule has 2 N–H and O–H groups in total. The second-order valence-electron chi connectivity index (χ2n) is 3.89. The average Bonchev–Trinajstić information content (AvgIpc) is 2.76. The SMILES string of the molecule is CS(=O)(=O)c1ccc(-c2cc(C(=O)O)[nH]n2)cc1Br. The van der Waals surface area contributed by atoms with E-state index in [9.17, 15) is 13.2 Å². The van der Waals surface area contributed by atoms with E-state index in [0.717, 1.165) is 6.26 Å². The highest BCUT2D eigenvalue weighted by molar-refractivity contribution is 9.10. The van der Waals surface area contributed by atoms with Crippen LogP contribution in [0.15, 0.2) is 33.6 Å². The summed E-state index contributed by atoms with van der Waals surface area (Å²) in [4.78, 5) is 10.9. The molecule has 100 valence electrons. The first kappa shape index (κ1) is 13.8. The maximum atomic E-state index is 11.5. The molecule has 19 heavy (non-hydrogen) atoms. The molecule has 0 bridgehead atoms. The van der Waals surface area contributed by atoms with Gasteiger partial charge in [-0.3, -0.25) is 5.10 Å². The monoisotopic (exact) mass is 344 g/mol. The molecule has 1 aromatic carbocycles. The lowest BCUT2D eigenvalue weighted by molar-refractivity contribution is 0.0690. The predicted molar refractivity (Wildman–Crippen MR) is 71.8 cm³/mol. The van der Waals surface area contributed by atoms with E-state index in [2.05, 4.69) is 26.1 Å². The normalized spacial score (nSPS) is 11.5. The number of aromatic nitrogens is 2. The van der Waals surface area contributed by atoms with Gasteiger partial charge in [0.05, 0.1) is 10.6 Å². The summed E-state index contributed by atoms with van der Waals surface area (Å²) in [6.45, 7) is 0. The summed E-state index contributed by atoms with van der Waals surface area (Å²) in [6, 6.07) is 5.98. The van der Waals surface area contributed by atoms with Crippen LogP contribution >= 0.6 is 15.9 Å². The number of sulfone groups is 1. The Morgan fingerprint density at radius 2 is 2.05 bits per heavy atom. The van der Waals surface area contributed by atoms with E-state index in [0.29, 0.717) is 15.7 Å². The third kappa shape index (κ3) is 2.85. The zero-order valence-corrected chi connectivity index (χ0v) is 12.1. The Morgan fingerprint density at radius 3 is 2.53 bits per heavy atom. The number of hydrogen-bond donors (Lipinski definition) is 2. The molecule has 0 aliphatic heterocycles. The first-order chi connectivity index (χ1) is 8.79. The number of nitrogens with one attached hydrogen (secondary N) is 1. The number of hydrogen-bond acceptors (Lipinski definition) is 4. The van der Waals surface area contributed by atoms with E-state index >= 15 is 0 Å². The molecule has 0 aliphatic carbocycles. The number of nitrogens with zero attached hydrogens (tertiary/aromatic N) is 1. The maximum Gasteiger partial charge on any atom is 0.353 e. The Morgan fingerprint density at radius 1 is 1.37 bits per heavy atom. The van der Waals surface area contributed by atoms with E-state index in [1.165, 1.54) is 12.1 Å². The molecule has 1 aromatic heterocycles. The van der Waals surface area contributed by atoms with Gasteiger partial charge in [0.1, 0.15) is 5.69 Å². The van der Waals surface area contributed by atoms with Crippen LogP contribution in [-0.2, 0) is 9.84 Å². The van der Waals surface area contributed by atoms with Gasteiger partial charge >= 0.3 is 5.97 Å². The molecule has 0 fully saturated rings. The van der Waals surface area contributed by atoms with Crippen LogP contribution in [0.5, 0.6) is 0 Å². The summed E-state index contributed by atoms with van der Waals surface area (Å²) in [6.07, 6.45) is 1.11. The van der Waals surface area contributed by atoms with Gasteiger partial charge in [0, 0.05) is 16.3 Å². The van der Waals surface area contributed by atoms with Gasteiger partial charge in [0.15, 0.2) is 9.84 Å². The van der Waals surface area contributed by atoms with Gasteiger partial charge < -0.3 is 5.11 Å². The van der Waals surface area contributed by atoms with Crippen molar-refractivity contribution >= 4 is 31.7 Å². The number of aromatic amines is 1. The van der Waals surface area contributed by atoms with Crippen molar-refractivity contribution in [1.82, 2.24) is 10.2 Å². The van der Waals surface area contributed by atoms with Gasteiger partial charge in [-0.1, -0.05) is 6.07 Å². The van der Waals surface area contributed by atoms with E-state index in [-0.39, 0.29) is 10.6 Å². The van der Waals surface area contributed by atoms with E-state index in [1.807, 2.05) is 0 Å². The third-order valence-corrected chi connectivity index (χ3v) is 4.51. The number of rotatable bonds is 3. The molecule has 0 unspecified atom stereocenters. The highest BCUT2D eigenvalue weighted by Gasteiger charge is 2.14. The van der Waals surface area contributed by atoms with Crippen molar-refractivity contribution in [3.8, 4) is 11.3 Å². The molecule has 2 rings (SSSR count). The highest BCUT2D eigenvalue weighted by Crippen LogP contribution is 2.27. The van der Waals surface area contributed by atoms with Crippen molar-refractivity contribution in [3.63, 3.8) is 0 Å². The first-order valence-electron chi connectivity index (χ1n) is 5.08. The molecular weight excluding hydrogens is 336 g/mol. The first-order valence-corrected chi connectivity index (χ1v) is 7.76. The van der Waals surface area contributed by atoms with Crippen molar-refractivity contribution in [1.29, 1.82) is 0 Å². The number of carbonyl (C=O) groups is 1. The molecule has 0 amide bonds. The van der Waals surface area contributed by atoms with Crippen LogP contribution in [0.1, 0.15) is 10.5 Å². The molecular formula is C11H9BrN2O4S. The molecule has 6 nitrogen and oxygen atoms in total. The lowest BCUT2D eigenvalue weighted by Gasteiger charge is -2.03. The van der Waals surface area contributed by atoms with E-state index < -0.39 is 15.8 Å². The molecule has 0 aliphatic rings. The fourth-order valence-corrected chi connectivity index (χ4v) is 3.53. The van der Waals surface area contributed by atoms with Crippen LogP contribution in [0.2, 0.25) is 0 Å². The second kappa shape index (κ2) is 4.78. The van der Waals surface area contributed by atoms with Gasteiger partial charge in [-0.2, -0.15) is 5.10 Å². The Balaban J connectivity index is 2.47. The number of H-pyrrole nitrogens is 1. The summed E-state index contributed by atoms with van der Waals surface area (Å²) < 4.78 is 23.3. The largest absolute Gasteiger partial charge is 0.477 e. The Hall–Kier alpha value is -1.67. The van der Waals surface area contributed by atoms with E-state index in [1.54, 1.807) is 12.1 Å². The number of carboxylic acids is 1. The van der Waals surface area contributed by atoms with Gasteiger partial charge in [-0.05, 0) is 34.1 Å². The van der Waals surface area contributed by atoms with E-state index in [4.69, 9.17) is 5.11 Å². The zero-order chi connectivity index (χ0) is 14.2. The van der Waals surface area contributed by atoms with Gasteiger partial charge in [0.2, 0.25) is 0 Å². The molecule has 0 spiro atoms. The third-order valence-electron chi connectivity index (χ3n) is 2.44. The lowest BCUT2D eigenvalue weighted by Crippen LogP contribution is -1.98. The Bertz CT molecular complexity index is 752. The topological polar surface area (TPSA) is 100 Å². The second-order valence-corrected chi connectivity index (χ2v) is 6.73. The molecule has 0 saturated carbocycles. The summed E-state index contributed by atoms with van der Waals surface area (Å²) in [5.74, 6) is -1.11. The highest BCUT2D eigenvalue weighted by atomic mass is 79.9. The standard InChI is InChI=1S/C11H9BrN2O4S/c1-19(17,18)10-3-2-6(4-7(10)12)8-5-9(11(15)16)14-13-8/h2-5H,1H3,(H,13,14)(H,15,16). The number of halogens is 1. The molecule has 0 atom stereocenters. The minimum Gasteiger partial charge on any atom is -0.477 e. The van der Waals surface area contributed by atoms with Gasteiger partial charge in [0.25, 0.3) is 0 Å². The number of carboxylic acid groups (broad SMARTS) is 1. The Labute approximate surface area is 117 Å². The van der Waals surface area contributed by atoms with Crippen molar-refractivity contribution in [2.75, 3.05) is 6.26 Å². The smallest absolute Gasteiger partial charge is 0.353 e. The minimum atomic E-state index is -3.31. The Kier molecular flexibility index (Phi) is 3.46. The van der Waals surface area contributed by atoms with Gasteiger partial charge in [-0.25, -0.2) is 13.2 Å². The van der Waals surface area contributed by atoms with Crippen molar-refractivity contribution < 1.29 is 18.3 Å². The summed E-state index contributed by atoms with van der Waals surface area (Å²) in [7, 11) is -3.31. The lowest BCUT2D eigenvalue weighted by atomic mass is 10.1. The molecule has 0 radical (unpaired) electrons. The molecule has 2 aromatic rings. The minimum absolute atomic E-state index is 0.0293. The number of aromatic carboxylic acids is 1. The maximum absolute atomic E-state index is 11.5. The molecule has 0 saturated heterocycles. The van der Waals surface area contributed by atoms with Gasteiger partial charge in [-0.15, -0.1) is 0 Å². The zero-order valence-electron chi connectivity index (χ0n) is 9.71. The van der Waals surface area contributed by atoms with Crippen LogP contribution in [-0.4, -0.2) is 35.9 Å². The molecule has 8 heteroatoms.